The van der Waals surface area contributed by atoms with E-state index < -0.39 is 0 Å². The lowest BCUT2D eigenvalue weighted by atomic mass is 9.95. The van der Waals surface area contributed by atoms with Crippen molar-refractivity contribution in [2.75, 3.05) is 0 Å². The molecule has 0 radical (unpaired) electrons. The number of nitriles is 2. The molecule has 0 aliphatic rings. The highest BCUT2D eigenvalue weighted by Gasteiger charge is 2.21. The monoisotopic (exact) mass is 635 g/mol. The minimum absolute atomic E-state index is 0.418. The first-order chi connectivity index (χ1) is 24.7. The molecule has 0 amide bonds. The quantitative estimate of drug-likeness (QED) is 0.181. The van der Waals surface area contributed by atoms with Crippen LogP contribution in [-0.4, -0.2) is 9.13 Å². The highest BCUT2D eigenvalue weighted by atomic mass is 15.0. The van der Waals surface area contributed by atoms with Gasteiger partial charge in [-0.2, -0.15) is 10.5 Å². The molecule has 0 bridgehead atoms. The zero-order chi connectivity index (χ0) is 33.8. The molecule has 5 nitrogen and oxygen atoms in total. The summed E-state index contributed by atoms with van der Waals surface area (Å²) in [5, 5.41) is 24.2. The van der Waals surface area contributed by atoms with Gasteiger partial charge in [0.1, 0.15) is 0 Å². The first-order valence-electron chi connectivity index (χ1n) is 16.3. The fourth-order valence-electron chi connectivity index (χ4n) is 7.40. The van der Waals surface area contributed by atoms with E-state index in [9.17, 15) is 10.5 Å². The molecule has 0 aliphatic heterocycles. The van der Waals surface area contributed by atoms with Crippen molar-refractivity contribution < 1.29 is 0 Å². The predicted octanol–water partition coefficient (Wildman–Crippen LogP) is 11.5. The van der Waals surface area contributed by atoms with Crippen LogP contribution in [0, 0.1) is 29.2 Å². The smallest absolute Gasteiger partial charge is 0.212 e. The molecule has 0 aliphatic carbocycles. The molecule has 0 saturated heterocycles. The number of rotatable bonds is 4. The van der Waals surface area contributed by atoms with Crippen molar-refractivity contribution in [2.24, 2.45) is 0 Å². The Balaban J connectivity index is 1.26. The van der Waals surface area contributed by atoms with Crippen molar-refractivity contribution in [1.29, 1.82) is 10.5 Å². The summed E-state index contributed by atoms with van der Waals surface area (Å²) in [5.41, 5.74) is 11.0. The number of benzene rings is 7. The van der Waals surface area contributed by atoms with E-state index in [2.05, 4.69) is 98.9 Å². The average Bonchev–Trinajstić information content (AvgIpc) is 3.70. The van der Waals surface area contributed by atoms with Gasteiger partial charge < -0.3 is 9.13 Å². The van der Waals surface area contributed by atoms with E-state index in [0.717, 1.165) is 77.2 Å². The summed E-state index contributed by atoms with van der Waals surface area (Å²) in [7, 11) is 0. The fraction of sp³-hybridized carbons (Fsp3) is 0. The summed E-state index contributed by atoms with van der Waals surface area (Å²) in [6, 6.07) is 55.6. The molecule has 5 heteroatoms. The minimum atomic E-state index is 0.418. The lowest BCUT2D eigenvalue weighted by Gasteiger charge is -2.17. The van der Waals surface area contributed by atoms with Crippen LogP contribution in [0.4, 0.5) is 5.69 Å². The van der Waals surface area contributed by atoms with Gasteiger partial charge in [-0.3, -0.25) is 0 Å². The Labute approximate surface area is 288 Å². The van der Waals surface area contributed by atoms with E-state index in [4.69, 9.17) is 6.57 Å². The number of fused-ring (bicyclic) bond motifs is 6. The van der Waals surface area contributed by atoms with Gasteiger partial charge in [-0.25, -0.2) is 4.85 Å². The molecule has 230 valence electrons. The molecule has 7 aromatic carbocycles. The van der Waals surface area contributed by atoms with Gasteiger partial charge in [0.15, 0.2) is 0 Å². The molecule has 9 aromatic rings. The predicted molar refractivity (Wildman–Crippen MR) is 202 cm³/mol. The molecule has 2 aromatic heterocycles. The second-order valence-electron chi connectivity index (χ2n) is 12.3. The minimum Gasteiger partial charge on any atom is -0.318 e. The van der Waals surface area contributed by atoms with Gasteiger partial charge in [-0.15, -0.1) is 0 Å². The Morgan fingerprint density at radius 2 is 1.02 bits per heavy atom. The first kappa shape index (κ1) is 28.8. The van der Waals surface area contributed by atoms with Crippen molar-refractivity contribution in [3.63, 3.8) is 0 Å². The molecule has 2 heterocycles. The highest BCUT2D eigenvalue weighted by molar-refractivity contribution is 6.11. The SMILES string of the molecule is [C-]#[N+]c1cc(C#N)cc(-c2cccc(-c3cccc(-n4c5ccccc5c5ccc(C#N)cc54)c3)c2)c1-n1c2ccccc2c2ccccc21. The van der Waals surface area contributed by atoms with Crippen molar-refractivity contribution >= 4 is 49.3 Å². The van der Waals surface area contributed by atoms with Gasteiger partial charge in [0.05, 0.1) is 52.0 Å². The third-order valence-corrected chi connectivity index (χ3v) is 9.56. The molecule has 9 rings (SSSR count). The van der Waals surface area contributed by atoms with E-state index in [0.29, 0.717) is 16.8 Å². The normalized spacial score (nSPS) is 11.1. The summed E-state index contributed by atoms with van der Waals surface area (Å²) >= 11 is 0. The maximum absolute atomic E-state index is 10.1. The summed E-state index contributed by atoms with van der Waals surface area (Å²) in [5.74, 6) is 0. The second-order valence-corrected chi connectivity index (χ2v) is 12.3. The van der Waals surface area contributed by atoms with E-state index >= 15 is 0 Å². The highest BCUT2D eigenvalue weighted by Crippen LogP contribution is 2.42. The van der Waals surface area contributed by atoms with Crippen molar-refractivity contribution in [1.82, 2.24) is 9.13 Å². The number of nitrogens with zero attached hydrogens (tertiary/aromatic N) is 5. The molecule has 0 unspecified atom stereocenters. The van der Waals surface area contributed by atoms with Gasteiger partial charge in [0.2, 0.25) is 5.69 Å². The maximum Gasteiger partial charge on any atom is 0.212 e. The average molecular weight is 636 g/mol. The van der Waals surface area contributed by atoms with Crippen LogP contribution in [0.2, 0.25) is 0 Å². The van der Waals surface area contributed by atoms with Crippen LogP contribution >= 0.6 is 0 Å². The van der Waals surface area contributed by atoms with Crippen molar-refractivity contribution in [2.45, 2.75) is 0 Å². The first-order valence-corrected chi connectivity index (χ1v) is 16.3. The van der Waals surface area contributed by atoms with Crippen LogP contribution in [0.3, 0.4) is 0 Å². The molecular weight excluding hydrogens is 611 g/mol. The van der Waals surface area contributed by atoms with Crippen LogP contribution in [0.25, 0.3) is 82.1 Å². The fourth-order valence-corrected chi connectivity index (χ4v) is 7.40. The van der Waals surface area contributed by atoms with Gasteiger partial charge in [-0.1, -0.05) is 91.0 Å². The summed E-state index contributed by atoms with van der Waals surface area (Å²) in [6.45, 7) is 8.23. The number of hydrogen-bond donors (Lipinski definition) is 0. The summed E-state index contributed by atoms with van der Waals surface area (Å²) in [4.78, 5) is 3.97. The zero-order valence-electron chi connectivity index (χ0n) is 26.7. The molecular formula is C45H25N5. The summed E-state index contributed by atoms with van der Waals surface area (Å²) in [6.07, 6.45) is 0. The molecule has 50 heavy (non-hydrogen) atoms. The number of aromatic nitrogens is 2. The Bertz CT molecular complexity index is 2920. The molecule has 0 spiro atoms. The lowest BCUT2D eigenvalue weighted by Crippen LogP contribution is -1.99. The van der Waals surface area contributed by atoms with Crippen LogP contribution in [0.15, 0.2) is 152 Å². The zero-order valence-corrected chi connectivity index (χ0v) is 26.7. The molecule has 0 fully saturated rings. The van der Waals surface area contributed by atoms with Gasteiger partial charge >= 0.3 is 0 Å². The van der Waals surface area contributed by atoms with Crippen LogP contribution in [0.1, 0.15) is 11.1 Å². The van der Waals surface area contributed by atoms with Gasteiger partial charge in [0, 0.05) is 32.8 Å². The van der Waals surface area contributed by atoms with Gasteiger partial charge in [0.25, 0.3) is 0 Å². The second kappa shape index (κ2) is 11.4. The topological polar surface area (TPSA) is 61.8 Å². The Morgan fingerprint density at radius 1 is 0.460 bits per heavy atom. The lowest BCUT2D eigenvalue weighted by molar-refractivity contribution is 1.18. The summed E-state index contributed by atoms with van der Waals surface area (Å²) < 4.78 is 4.39. The van der Waals surface area contributed by atoms with Crippen LogP contribution in [0.5, 0.6) is 0 Å². The number of para-hydroxylation sites is 3. The van der Waals surface area contributed by atoms with Crippen LogP contribution < -0.4 is 0 Å². The van der Waals surface area contributed by atoms with E-state index in [1.54, 1.807) is 6.07 Å². The number of hydrogen-bond acceptors (Lipinski definition) is 2. The molecule has 0 saturated carbocycles. The van der Waals surface area contributed by atoms with Crippen LogP contribution in [-0.2, 0) is 0 Å². The maximum atomic E-state index is 10.1. The van der Waals surface area contributed by atoms with E-state index in [1.165, 1.54) is 0 Å². The largest absolute Gasteiger partial charge is 0.318 e. The molecule has 0 N–H and O–H groups in total. The Morgan fingerprint density at radius 3 is 1.66 bits per heavy atom. The Hall–Kier alpha value is -7.39. The van der Waals surface area contributed by atoms with Crippen molar-refractivity contribution in [3.8, 4) is 45.8 Å². The molecule has 0 atom stereocenters. The third kappa shape index (κ3) is 4.38. The van der Waals surface area contributed by atoms with Crippen molar-refractivity contribution in [3.05, 3.63) is 174 Å². The van der Waals surface area contributed by atoms with E-state index in [-0.39, 0.29) is 0 Å². The van der Waals surface area contributed by atoms with Gasteiger partial charge in [-0.05, 0) is 82.9 Å². The standard InChI is InChI=1S/C45H25N5/c1-48-40-23-30(28-47)22-39(45(40)50-42-18-6-3-14-35(42)36-15-4-7-19-43(36)50)33-12-8-10-31(25-33)32-11-9-13-34(26-32)49-41-17-5-2-16-37(41)38-21-20-29(27-46)24-44(38)49/h2-26H. The third-order valence-electron chi connectivity index (χ3n) is 9.56. The van der Waals surface area contributed by atoms with E-state index in [1.807, 2.05) is 72.8 Å². The Kier molecular flexibility index (Phi) is 6.56.